The van der Waals surface area contributed by atoms with Gasteiger partial charge in [-0.15, -0.1) is 0 Å². The van der Waals surface area contributed by atoms with E-state index in [2.05, 4.69) is 66.8 Å². The Kier molecular flexibility index (Phi) is 19.5. The van der Waals surface area contributed by atoms with Gasteiger partial charge in [-0.05, 0) is 54.6 Å². The van der Waals surface area contributed by atoms with E-state index >= 15 is 0 Å². The Labute approximate surface area is 308 Å². The number of carbonyl (C=O) groups is 1. The Hall–Kier alpha value is -1.71. The highest BCUT2D eigenvalue weighted by Crippen LogP contribution is 2.40. The Morgan fingerprint density at radius 2 is 1.71 bits per heavy atom. The molecule has 11 nitrogen and oxygen atoms in total. The smallest absolute Gasteiger partial charge is 0.338 e. The first-order valence-corrected chi connectivity index (χ1v) is 21.1. The summed E-state index contributed by atoms with van der Waals surface area (Å²) >= 11 is 0. The lowest BCUT2D eigenvalue weighted by molar-refractivity contribution is -0.193. The van der Waals surface area contributed by atoms with Crippen LogP contribution >= 0.6 is 0 Å². The molecule has 0 fully saturated rings. The predicted molar refractivity (Wildman–Crippen MR) is 200 cm³/mol. The van der Waals surface area contributed by atoms with Gasteiger partial charge in [0.25, 0.3) is 0 Å². The molecular weight excluding hydrogens is 673 g/mol. The van der Waals surface area contributed by atoms with Crippen LogP contribution in [0, 0.1) is 5.92 Å². The summed E-state index contributed by atoms with van der Waals surface area (Å²) in [5.74, 6) is -0.544. The summed E-state index contributed by atoms with van der Waals surface area (Å²) in [6.45, 7) is 20.5. The van der Waals surface area contributed by atoms with E-state index in [0.29, 0.717) is 39.1 Å². The lowest BCUT2D eigenvalue weighted by Gasteiger charge is -2.42. The number of cyclic esters (lactones) is 1. The molecule has 1 N–H and O–H groups in total. The monoisotopic (exact) mass is 740 g/mol. The summed E-state index contributed by atoms with van der Waals surface area (Å²) in [4.78, 5) is 14.3. The second-order valence-electron chi connectivity index (χ2n) is 15.6. The van der Waals surface area contributed by atoms with Gasteiger partial charge in [0.2, 0.25) is 0 Å². The number of hydrogen-bond donors (Lipinski definition) is 1. The highest BCUT2D eigenvalue weighted by atomic mass is 28.4. The van der Waals surface area contributed by atoms with Crippen LogP contribution in [0.25, 0.3) is 0 Å². The van der Waals surface area contributed by atoms with E-state index in [1.54, 1.807) is 7.11 Å². The van der Waals surface area contributed by atoms with Crippen LogP contribution in [-0.4, -0.2) is 111 Å². The Balaban J connectivity index is 2.67. The fourth-order valence-electron chi connectivity index (χ4n) is 5.73. The largest absolute Gasteiger partial charge is 0.456 e. The van der Waals surface area contributed by atoms with E-state index in [4.69, 9.17) is 42.3 Å². The Morgan fingerprint density at radius 1 is 1.02 bits per heavy atom. The van der Waals surface area contributed by atoms with Gasteiger partial charge in [-0.25, -0.2) is 4.79 Å². The van der Waals surface area contributed by atoms with Crippen LogP contribution < -0.4 is 0 Å². The molecule has 0 radical (unpaired) electrons. The van der Waals surface area contributed by atoms with Crippen molar-refractivity contribution in [3.05, 3.63) is 47.0 Å². The fourth-order valence-corrected chi connectivity index (χ4v) is 7.11. The minimum atomic E-state index is -2.34. The number of aliphatic hydroxyl groups excluding tert-OH is 1. The molecule has 12 heteroatoms. The number of aliphatic hydroxyl groups is 1. The maximum Gasteiger partial charge on any atom is 0.338 e. The number of fused-ring (bicyclic) bond motifs is 2. The van der Waals surface area contributed by atoms with Crippen molar-refractivity contribution in [2.75, 3.05) is 61.5 Å². The summed E-state index contributed by atoms with van der Waals surface area (Å²) in [5.41, 5.74) is 2.14. The van der Waals surface area contributed by atoms with Crippen molar-refractivity contribution < 1.29 is 52.2 Å². The maximum atomic E-state index is 14.3. The number of benzene rings is 1. The lowest BCUT2D eigenvalue weighted by atomic mass is 9.76. The molecule has 1 aliphatic rings. The fraction of sp³-hybridized carbons (Fsp3) is 0.769. The molecular formula is C39H68O11Si. The van der Waals surface area contributed by atoms with Crippen molar-refractivity contribution in [1.82, 2.24) is 0 Å². The number of ether oxygens (including phenoxy) is 8. The van der Waals surface area contributed by atoms with Crippen molar-refractivity contribution in [3.8, 4) is 0 Å². The van der Waals surface area contributed by atoms with Crippen molar-refractivity contribution >= 4 is 14.3 Å². The average Bonchev–Trinajstić information content (AvgIpc) is 3.06. The highest BCUT2D eigenvalue weighted by Gasteiger charge is 2.43. The molecule has 6 atom stereocenters. The quantitative estimate of drug-likeness (QED) is 0.0580. The molecule has 51 heavy (non-hydrogen) atoms. The van der Waals surface area contributed by atoms with Gasteiger partial charge in [0, 0.05) is 45.5 Å². The molecule has 2 rings (SSSR count). The number of hydrogen-bond acceptors (Lipinski definition) is 11. The zero-order valence-corrected chi connectivity index (χ0v) is 34.5. The second kappa shape index (κ2) is 21.9. The molecule has 0 aliphatic carbocycles. The highest BCUT2D eigenvalue weighted by molar-refractivity contribution is 6.74. The van der Waals surface area contributed by atoms with Crippen LogP contribution in [-0.2, 0) is 59.0 Å². The van der Waals surface area contributed by atoms with Gasteiger partial charge < -0.3 is 47.4 Å². The standard InChI is InChI=1S/C39H68O11Si/c1-13-29(24-46-27-45-18-17-42-8)19-28(2)33-22-32(50-51(11,12)38(3,4)5)23-35(40)39(6,7)31-16-14-15-30(20-31)21-34(47-25-43-9)36(37(41)49-33)48-26-44-10/h14-16,19-20,29,32-36,40H,13,17-18,21-27H2,1-12H3/b28-19-/t29-,32-,33?,34-,35+,36+/m1/s1. The molecule has 1 aromatic carbocycles. The first-order valence-electron chi connectivity index (χ1n) is 18.2. The number of carbonyl (C=O) groups excluding carboxylic acids is 1. The van der Waals surface area contributed by atoms with E-state index in [-0.39, 0.29) is 31.3 Å². The topological polar surface area (TPSA) is 120 Å². The first kappa shape index (κ1) is 45.4. The van der Waals surface area contributed by atoms with Gasteiger partial charge >= 0.3 is 5.97 Å². The molecule has 1 heterocycles. The maximum absolute atomic E-state index is 14.3. The van der Waals surface area contributed by atoms with E-state index in [1.165, 1.54) is 14.2 Å². The second-order valence-corrected chi connectivity index (χ2v) is 20.4. The van der Waals surface area contributed by atoms with Gasteiger partial charge in [0.1, 0.15) is 32.6 Å². The molecule has 0 aromatic heterocycles. The summed E-state index contributed by atoms with van der Waals surface area (Å²) in [7, 11) is 2.33. The predicted octanol–water partition coefficient (Wildman–Crippen LogP) is 6.55. The molecule has 0 amide bonds. The Bertz CT molecular complexity index is 1180. The lowest BCUT2D eigenvalue weighted by Crippen LogP contribution is -2.48. The van der Waals surface area contributed by atoms with Gasteiger partial charge in [0.05, 0.1) is 32.0 Å². The SMILES string of the molecule is CC[C@H](/C=C(/C)C1C[C@@H](O[Si](C)(C)C(C)(C)C)C[C@H](O)C(C)(C)c2cccc(c2)C[C@@H](OCOC)[C@H](OCOC)C(=O)O1)COCOCCOC. The van der Waals surface area contributed by atoms with Crippen LogP contribution in [0.2, 0.25) is 18.1 Å². The van der Waals surface area contributed by atoms with Crippen LogP contribution in [0.15, 0.2) is 35.9 Å². The number of rotatable bonds is 18. The molecule has 0 spiro atoms. The van der Waals surface area contributed by atoms with Crippen LogP contribution in [0.5, 0.6) is 0 Å². The minimum absolute atomic E-state index is 0.0375. The zero-order valence-electron chi connectivity index (χ0n) is 33.5. The molecule has 1 aliphatic heterocycles. The van der Waals surface area contributed by atoms with Crippen LogP contribution in [0.4, 0.5) is 0 Å². The van der Waals surface area contributed by atoms with Crippen molar-refractivity contribution in [2.24, 2.45) is 5.92 Å². The molecule has 1 aromatic rings. The summed E-state index contributed by atoms with van der Waals surface area (Å²) in [6.07, 6.45) is 0.215. The minimum Gasteiger partial charge on any atom is -0.456 e. The van der Waals surface area contributed by atoms with E-state index in [9.17, 15) is 9.90 Å². The van der Waals surface area contributed by atoms with Gasteiger partial charge in [0.15, 0.2) is 14.4 Å². The van der Waals surface area contributed by atoms with E-state index < -0.39 is 50.2 Å². The third kappa shape index (κ3) is 14.6. The average molecular weight is 741 g/mol. The zero-order chi connectivity index (χ0) is 38.2. The van der Waals surface area contributed by atoms with E-state index in [1.807, 2.05) is 25.1 Å². The van der Waals surface area contributed by atoms with Crippen LogP contribution in [0.1, 0.15) is 78.9 Å². The van der Waals surface area contributed by atoms with Gasteiger partial charge in [-0.3, -0.25) is 0 Å². The summed E-state index contributed by atoms with van der Waals surface area (Å²) < 4.78 is 52.5. The Morgan fingerprint density at radius 3 is 2.33 bits per heavy atom. The number of methoxy groups -OCH3 is 3. The molecule has 2 bridgehead atoms. The summed E-state index contributed by atoms with van der Waals surface area (Å²) in [6, 6.07) is 8.04. The number of esters is 1. The van der Waals surface area contributed by atoms with Gasteiger partial charge in [-0.2, -0.15) is 0 Å². The molecule has 1 unspecified atom stereocenters. The normalized spacial score (nSPS) is 24.5. The third-order valence-electron chi connectivity index (χ3n) is 10.2. The molecule has 0 saturated heterocycles. The molecule has 294 valence electrons. The first-order chi connectivity index (χ1) is 24.0. The third-order valence-corrected chi connectivity index (χ3v) is 14.8. The van der Waals surface area contributed by atoms with E-state index in [0.717, 1.165) is 23.1 Å². The van der Waals surface area contributed by atoms with Crippen LogP contribution in [0.3, 0.4) is 0 Å². The molecule has 0 saturated carbocycles. The van der Waals surface area contributed by atoms with Gasteiger partial charge in [-0.1, -0.05) is 71.9 Å². The van der Waals surface area contributed by atoms with Crippen molar-refractivity contribution in [1.29, 1.82) is 0 Å². The van der Waals surface area contributed by atoms with Crippen molar-refractivity contribution in [3.63, 3.8) is 0 Å². The van der Waals surface area contributed by atoms with Crippen molar-refractivity contribution in [2.45, 2.75) is 128 Å². The summed E-state index contributed by atoms with van der Waals surface area (Å²) in [5, 5.41) is 11.9.